The van der Waals surface area contributed by atoms with Crippen molar-refractivity contribution in [1.29, 1.82) is 0 Å². The van der Waals surface area contributed by atoms with Crippen molar-refractivity contribution in [1.82, 2.24) is 20.4 Å². The number of rotatable bonds is 30. The fourth-order valence-corrected chi connectivity index (χ4v) is 15.7. The Morgan fingerprint density at radius 2 is 1.01 bits per heavy atom. The first kappa shape index (κ1) is 84.3. The van der Waals surface area contributed by atoms with Crippen molar-refractivity contribution in [2.75, 3.05) is 60.3 Å². The second kappa shape index (κ2) is 38.1. The van der Waals surface area contributed by atoms with Crippen molar-refractivity contribution in [3.8, 4) is 11.1 Å². The van der Waals surface area contributed by atoms with E-state index >= 15 is 0 Å². The van der Waals surface area contributed by atoms with Gasteiger partial charge in [-0.15, -0.1) is 0 Å². The van der Waals surface area contributed by atoms with E-state index in [4.69, 9.17) is 47.9 Å². The maximum atomic E-state index is 14.3. The Hall–Kier alpha value is -7.35. The molecule has 6 aliphatic heterocycles. The molecule has 588 valence electrons. The zero-order valence-corrected chi connectivity index (χ0v) is 65.3. The van der Waals surface area contributed by atoms with Crippen molar-refractivity contribution in [3.05, 3.63) is 59.7 Å². The van der Waals surface area contributed by atoms with Crippen molar-refractivity contribution in [3.63, 3.8) is 0 Å². The number of oxime groups is 2. The van der Waals surface area contributed by atoms with Gasteiger partial charge in [0, 0.05) is 84.3 Å². The van der Waals surface area contributed by atoms with E-state index in [1.807, 2.05) is 79.7 Å². The highest BCUT2D eigenvalue weighted by Gasteiger charge is 2.57. The van der Waals surface area contributed by atoms with Gasteiger partial charge < -0.3 is 63.5 Å². The third-order valence-corrected chi connectivity index (χ3v) is 21.7. The molecule has 2 unspecified atom stereocenters. The summed E-state index contributed by atoms with van der Waals surface area (Å²) >= 11 is 0. The van der Waals surface area contributed by atoms with Crippen LogP contribution in [-0.4, -0.2) is 200 Å². The predicted octanol–water partition coefficient (Wildman–Crippen LogP) is 12.9. The van der Waals surface area contributed by atoms with Crippen molar-refractivity contribution < 1.29 is 91.1 Å². The fourth-order valence-electron chi connectivity index (χ4n) is 15.7. The van der Waals surface area contributed by atoms with E-state index in [0.717, 1.165) is 78.6 Å². The molecule has 0 aromatic heterocycles. The number of nitrogens with zero attached hydrogens (tertiary/aromatic N) is 4. The minimum atomic E-state index is -1.07. The van der Waals surface area contributed by atoms with Gasteiger partial charge in [0.25, 0.3) is 0 Å². The van der Waals surface area contributed by atoms with Gasteiger partial charge in [-0.2, -0.15) is 0 Å². The number of carboxylic acids is 1. The van der Waals surface area contributed by atoms with E-state index in [9.17, 15) is 43.2 Å². The molecule has 2 saturated carbocycles. The summed E-state index contributed by atoms with van der Waals surface area (Å²) in [6.07, 6.45) is 9.25. The lowest BCUT2D eigenvalue weighted by Gasteiger charge is -2.35. The minimum Gasteiger partial charge on any atom is -0.480 e. The molecule has 9 aliphatic rings. The standard InChI is InChI=1S/C36H44N2O6.C32H51N3O8.C11H19NO5.C2H6/c1-4-10-24(34(42-3)33(40)17-23-15-16-23)18-32(39)31-20-36(19-25(5-2)37-44-36)22-38(31)35(41)43-21-30-28-13-8-6-11-26(28)27-12-7-9-14-29(27)30;1-7-9-21(27(40-6)26(37)14-20-10-11-20)15-25(36)24-17-32(16-22(8-2)34-43-32)19-35(24)29(38)28(31(3,4)5)33-30(39)42-23-12-13-41-18-23;1-11(2,3)8(9(13)14)12-10(15)17-7-4-5-16-6-7;1-2/h6-9,11-14,23-24,30-31,34H,4-5,10,15-22H2,1-3H3;20-21,23-24,27-28H,7-19H2,1-6H3,(H,33,39);7-8H,4-6H2,1-3H3,(H,12,15)(H,13,14);1-2H3/t24-,31+,34?,36-;21-,23-,24+,27?,28-,32-;7-,8+;/m110./s1. The summed E-state index contributed by atoms with van der Waals surface area (Å²) in [6.45, 7) is 25.3. The van der Waals surface area contributed by atoms with Crippen LogP contribution in [0.1, 0.15) is 229 Å². The Labute approximate surface area is 626 Å². The molecule has 0 bridgehead atoms. The molecule has 2 spiro atoms. The van der Waals surface area contributed by atoms with Crippen LogP contribution in [0.3, 0.4) is 0 Å². The first-order valence-corrected chi connectivity index (χ1v) is 38.9. The van der Waals surface area contributed by atoms with Crippen molar-refractivity contribution in [2.45, 2.75) is 277 Å². The van der Waals surface area contributed by atoms with Crippen LogP contribution in [0.15, 0.2) is 58.8 Å². The quantitative estimate of drug-likeness (QED) is 0.0612. The van der Waals surface area contributed by atoms with Crippen molar-refractivity contribution in [2.24, 2.45) is 44.8 Å². The molecular weight excluding hydrogens is 1360 g/mol. The molecule has 4 amide bonds. The number of alkyl carbamates (subject to hydrolysis) is 2. The molecule has 3 N–H and O–H groups in total. The number of benzene rings is 2. The number of carbonyl (C=O) groups excluding carboxylic acids is 8. The second-order valence-electron chi connectivity index (χ2n) is 32.2. The molecule has 2 aromatic carbocycles. The number of ether oxygens (including phenoxy) is 7. The molecule has 4 saturated heterocycles. The minimum absolute atomic E-state index is 0.0513. The average molecular weight is 1480 g/mol. The number of amides is 4. The molecule has 25 heteroatoms. The lowest BCUT2D eigenvalue weighted by molar-refractivity contribution is -0.143. The van der Waals surface area contributed by atoms with E-state index < -0.39 is 82.7 Å². The number of fused-ring (bicyclic) bond motifs is 3. The first-order valence-electron chi connectivity index (χ1n) is 38.9. The van der Waals surface area contributed by atoms with Crippen LogP contribution in [0, 0.1) is 34.5 Å². The number of likely N-dealkylation sites (tertiary alicyclic amines) is 2. The van der Waals surface area contributed by atoms with Crippen LogP contribution < -0.4 is 10.6 Å². The largest absolute Gasteiger partial charge is 0.480 e. The second-order valence-corrected chi connectivity index (χ2v) is 32.2. The van der Waals surface area contributed by atoms with Gasteiger partial charge in [0.1, 0.15) is 43.1 Å². The molecule has 11 rings (SSSR count). The lowest BCUT2D eigenvalue weighted by Crippen LogP contribution is -2.57. The summed E-state index contributed by atoms with van der Waals surface area (Å²) in [6, 6.07) is 13.0. The maximum Gasteiger partial charge on any atom is 0.410 e. The number of carboxylic acid groups (broad SMARTS) is 1. The summed E-state index contributed by atoms with van der Waals surface area (Å²) in [5, 5.41) is 22.7. The predicted molar refractivity (Wildman–Crippen MR) is 398 cm³/mol. The summed E-state index contributed by atoms with van der Waals surface area (Å²) in [4.78, 5) is 133. The van der Waals surface area contributed by atoms with Crippen LogP contribution in [-0.2, 0) is 71.6 Å². The molecule has 6 heterocycles. The van der Waals surface area contributed by atoms with E-state index in [0.29, 0.717) is 109 Å². The molecular formula is C81H120N6O19. The number of ketones is 4. The van der Waals surface area contributed by atoms with Gasteiger partial charge in [-0.05, 0) is 108 Å². The maximum absolute atomic E-state index is 14.3. The van der Waals surface area contributed by atoms with Gasteiger partial charge in [0.15, 0.2) is 34.3 Å². The topological polar surface area (TPSA) is 312 Å². The number of carbonyl (C=O) groups is 9. The number of nitrogens with one attached hydrogen (secondary N) is 2. The van der Waals surface area contributed by atoms with Gasteiger partial charge in [-0.3, -0.25) is 28.9 Å². The highest BCUT2D eigenvalue weighted by Crippen LogP contribution is 2.47. The molecule has 6 fully saturated rings. The normalized spacial score (nSPS) is 24.5. The van der Waals surface area contributed by atoms with E-state index in [1.54, 1.807) is 37.7 Å². The van der Waals surface area contributed by atoms with Crippen LogP contribution >= 0.6 is 0 Å². The number of hydrogen-bond donors (Lipinski definition) is 3. The third kappa shape index (κ3) is 22.2. The summed E-state index contributed by atoms with van der Waals surface area (Å²) in [7, 11) is 3.10. The number of methoxy groups -OCH3 is 2. The van der Waals surface area contributed by atoms with E-state index in [-0.39, 0.29) is 91.5 Å². The molecule has 25 nitrogen and oxygen atoms in total. The van der Waals surface area contributed by atoms with Gasteiger partial charge >= 0.3 is 24.2 Å². The Morgan fingerprint density at radius 1 is 0.594 bits per heavy atom. The SMILES string of the molecule is CC.CC(C)(C)[C@H](NC(=O)O[C@H]1CCOC1)C(=O)O.CCC[C@H](CC(=O)[C@@H]1C[C@]2(CC(CC)=NO2)CN1C(=O)OCC1c2ccccc2-c2ccccc21)C(OC)C(=O)CC1CC1.CCC[C@H](CC(=O)[C@@H]1C[C@]2(CC(CC)=NO2)CN1C(=O)[C@@H](NC(=O)O[C@@H]1CCOC1)C(C)(C)C)C(OC)C(=O)CC1CC1. The molecule has 106 heavy (non-hydrogen) atoms. The number of Topliss-reactive ketones (excluding diaryl/α,β-unsaturated/α-hetero) is 4. The van der Waals surface area contributed by atoms with Gasteiger partial charge in [0.05, 0.1) is 63.0 Å². The molecule has 2 aromatic rings. The lowest BCUT2D eigenvalue weighted by atomic mass is 9.84. The highest BCUT2D eigenvalue weighted by atomic mass is 16.7. The number of hydrogen-bond acceptors (Lipinski definition) is 20. The van der Waals surface area contributed by atoms with Gasteiger partial charge in [-0.25, -0.2) is 19.2 Å². The summed E-state index contributed by atoms with van der Waals surface area (Å²) in [5.41, 5.74) is 3.63. The van der Waals surface area contributed by atoms with E-state index in [2.05, 4.69) is 52.1 Å². The average Bonchev–Trinajstić information content (AvgIpc) is 1.61. The fraction of sp³-hybridized carbons (Fsp3) is 0.716. The van der Waals surface area contributed by atoms with Crippen LogP contribution in [0.5, 0.6) is 0 Å². The zero-order chi connectivity index (χ0) is 77.3. The van der Waals surface area contributed by atoms with Crippen molar-refractivity contribution >= 4 is 64.7 Å². The van der Waals surface area contributed by atoms with E-state index in [1.165, 1.54) is 7.11 Å². The van der Waals surface area contributed by atoms with Gasteiger partial charge in [-0.1, -0.05) is 155 Å². The van der Waals surface area contributed by atoms with Crippen LogP contribution in [0.2, 0.25) is 0 Å². The smallest absolute Gasteiger partial charge is 0.410 e. The zero-order valence-electron chi connectivity index (χ0n) is 65.3. The number of aliphatic carboxylic acids is 1. The Bertz CT molecular complexity index is 3370. The first-order chi connectivity index (χ1) is 50.6. The molecule has 3 aliphatic carbocycles. The summed E-state index contributed by atoms with van der Waals surface area (Å²) < 4.78 is 38.4. The highest BCUT2D eigenvalue weighted by molar-refractivity contribution is 5.96. The Morgan fingerprint density at radius 3 is 1.38 bits per heavy atom. The molecule has 0 radical (unpaired) electrons. The van der Waals surface area contributed by atoms with Crippen LogP contribution in [0.25, 0.3) is 11.1 Å². The molecule has 12 atom stereocenters. The van der Waals surface area contributed by atoms with Crippen LogP contribution in [0.4, 0.5) is 14.4 Å². The Kier molecular flexibility index (Phi) is 30.3. The third-order valence-electron chi connectivity index (χ3n) is 21.7. The summed E-state index contributed by atoms with van der Waals surface area (Å²) in [5.74, 6) is -1.24. The van der Waals surface area contributed by atoms with Gasteiger partial charge in [0.2, 0.25) is 5.91 Å². The monoisotopic (exact) mass is 1480 g/mol. The Balaban J connectivity index is 0.000000216.